The Kier molecular flexibility index (Phi) is 6.48. The summed E-state index contributed by atoms with van der Waals surface area (Å²) in [4.78, 5) is 16.5. The zero-order chi connectivity index (χ0) is 14.4. The Balaban J connectivity index is 2.73. The minimum atomic E-state index is 0.0589. The lowest BCUT2D eigenvalue weighted by Crippen LogP contribution is -2.43. The van der Waals surface area contributed by atoms with E-state index in [0.29, 0.717) is 13.1 Å². The van der Waals surface area contributed by atoms with Gasteiger partial charge in [-0.2, -0.15) is 0 Å². The number of rotatable bonds is 7. The average molecular weight is 283 g/mol. The molecular formula is C14H25N3OS. The molecule has 0 fully saturated rings. The Labute approximate surface area is 120 Å². The van der Waals surface area contributed by atoms with Crippen LogP contribution >= 0.6 is 11.3 Å². The number of nitrogens with zero attached hydrogens (tertiary/aromatic N) is 1. The smallest absolute Gasteiger partial charge is 0.234 e. The van der Waals surface area contributed by atoms with Gasteiger partial charge >= 0.3 is 0 Å². The maximum atomic E-state index is 11.9. The molecule has 1 amide bonds. The van der Waals surface area contributed by atoms with Gasteiger partial charge in [-0.05, 0) is 39.4 Å². The van der Waals surface area contributed by atoms with Crippen molar-refractivity contribution in [1.29, 1.82) is 0 Å². The fraction of sp³-hybridized carbons (Fsp3) is 0.643. The molecule has 4 nitrogen and oxygen atoms in total. The van der Waals surface area contributed by atoms with Crippen LogP contribution in [0.25, 0.3) is 0 Å². The summed E-state index contributed by atoms with van der Waals surface area (Å²) in [6.07, 6.45) is 0. The summed E-state index contributed by atoms with van der Waals surface area (Å²) in [5, 5.41) is 2.93. The van der Waals surface area contributed by atoms with Crippen molar-refractivity contribution in [2.45, 2.75) is 39.8 Å². The zero-order valence-corrected chi connectivity index (χ0v) is 13.1. The minimum absolute atomic E-state index is 0.0589. The summed E-state index contributed by atoms with van der Waals surface area (Å²) in [7, 11) is 0. The van der Waals surface area contributed by atoms with Gasteiger partial charge in [0.1, 0.15) is 0 Å². The van der Waals surface area contributed by atoms with E-state index >= 15 is 0 Å². The second kappa shape index (κ2) is 7.62. The molecule has 108 valence electrons. The number of carbonyl (C=O) groups is 1. The molecule has 0 spiro atoms. The topological polar surface area (TPSA) is 58.4 Å². The number of aryl methyl sites for hydroxylation is 1. The molecule has 1 aromatic heterocycles. The molecular weight excluding hydrogens is 258 g/mol. The number of nitrogens with two attached hydrogens (primary N) is 1. The van der Waals surface area contributed by atoms with Crippen molar-refractivity contribution in [1.82, 2.24) is 10.2 Å². The van der Waals surface area contributed by atoms with Gasteiger partial charge in [-0.1, -0.05) is 6.92 Å². The lowest BCUT2D eigenvalue weighted by atomic mass is 10.2. The van der Waals surface area contributed by atoms with Crippen molar-refractivity contribution in [3.63, 3.8) is 0 Å². The molecule has 1 rings (SSSR count). The molecule has 0 saturated heterocycles. The van der Waals surface area contributed by atoms with Crippen LogP contribution in [0, 0.1) is 6.92 Å². The molecule has 0 aliphatic heterocycles. The molecule has 0 radical (unpaired) electrons. The second-order valence-corrected chi connectivity index (χ2v) is 6.30. The van der Waals surface area contributed by atoms with Gasteiger partial charge in [-0.3, -0.25) is 9.69 Å². The van der Waals surface area contributed by atoms with Crippen molar-refractivity contribution in [2.24, 2.45) is 5.73 Å². The summed E-state index contributed by atoms with van der Waals surface area (Å²) in [6, 6.07) is 4.51. The SMILES string of the molecule is CCN(CC(=O)NC(C)C)C(CN)c1ccc(C)s1. The average Bonchev–Trinajstić information content (AvgIpc) is 2.74. The number of thiophene rings is 1. The van der Waals surface area contributed by atoms with E-state index in [4.69, 9.17) is 5.73 Å². The van der Waals surface area contributed by atoms with Crippen LogP contribution in [0.5, 0.6) is 0 Å². The van der Waals surface area contributed by atoms with Crippen LogP contribution in [0.3, 0.4) is 0 Å². The van der Waals surface area contributed by atoms with Gasteiger partial charge in [0, 0.05) is 22.3 Å². The summed E-state index contributed by atoms with van der Waals surface area (Å²) < 4.78 is 0. The lowest BCUT2D eigenvalue weighted by Gasteiger charge is -2.28. The predicted molar refractivity (Wildman–Crippen MR) is 81.4 cm³/mol. The molecule has 0 aromatic carbocycles. The summed E-state index contributed by atoms with van der Waals surface area (Å²) >= 11 is 1.75. The Bertz CT molecular complexity index is 403. The molecule has 5 heteroatoms. The van der Waals surface area contributed by atoms with Gasteiger partial charge in [0.05, 0.1) is 12.6 Å². The van der Waals surface area contributed by atoms with Crippen LogP contribution in [-0.2, 0) is 4.79 Å². The monoisotopic (exact) mass is 283 g/mol. The van der Waals surface area contributed by atoms with Gasteiger partial charge < -0.3 is 11.1 Å². The predicted octanol–water partition coefficient (Wildman–Crippen LogP) is 1.90. The van der Waals surface area contributed by atoms with Crippen LogP contribution < -0.4 is 11.1 Å². The maximum absolute atomic E-state index is 11.9. The molecule has 19 heavy (non-hydrogen) atoms. The third-order valence-electron chi connectivity index (χ3n) is 2.96. The molecule has 0 aliphatic carbocycles. The number of nitrogens with one attached hydrogen (secondary N) is 1. The largest absolute Gasteiger partial charge is 0.353 e. The first kappa shape index (κ1) is 16.1. The van der Waals surface area contributed by atoms with Crippen LogP contribution in [-0.4, -0.2) is 36.5 Å². The number of likely N-dealkylation sites (N-methyl/N-ethyl adjacent to an activating group) is 1. The first-order chi connectivity index (χ1) is 8.97. The lowest BCUT2D eigenvalue weighted by molar-refractivity contribution is -0.123. The fourth-order valence-corrected chi connectivity index (χ4v) is 3.10. The van der Waals surface area contributed by atoms with Gasteiger partial charge in [0.2, 0.25) is 5.91 Å². The molecule has 1 aromatic rings. The summed E-state index contributed by atoms with van der Waals surface area (Å²) in [5.41, 5.74) is 5.90. The minimum Gasteiger partial charge on any atom is -0.353 e. The van der Waals surface area contributed by atoms with Crippen molar-refractivity contribution in [3.05, 3.63) is 21.9 Å². The van der Waals surface area contributed by atoms with E-state index in [1.165, 1.54) is 9.75 Å². The highest BCUT2D eigenvalue weighted by molar-refractivity contribution is 7.12. The third kappa shape index (κ3) is 4.93. The van der Waals surface area contributed by atoms with Crippen LogP contribution in [0.2, 0.25) is 0 Å². The molecule has 0 bridgehead atoms. The highest BCUT2D eigenvalue weighted by Crippen LogP contribution is 2.26. The number of hydrogen-bond donors (Lipinski definition) is 2. The second-order valence-electron chi connectivity index (χ2n) is 4.99. The van der Waals surface area contributed by atoms with E-state index < -0.39 is 0 Å². The Hall–Kier alpha value is -0.910. The first-order valence-corrected chi connectivity index (χ1v) is 7.59. The van der Waals surface area contributed by atoms with E-state index in [0.717, 1.165) is 6.54 Å². The maximum Gasteiger partial charge on any atom is 0.234 e. The summed E-state index contributed by atoms with van der Waals surface area (Å²) in [6.45, 7) is 9.82. The number of amides is 1. The molecule has 0 aliphatic rings. The van der Waals surface area contributed by atoms with E-state index in [1.807, 2.05) is 13.8 Å². The summed E-state index contributed by atoms with van der Waals surface area (Å²) in [5.74, 6) is 0.0589. The van der Waals surface area contributed by atoms with Crippen molar-refractivity contribution in [2.75, 3.05) is 19.6 Å². The van der Waals surface area contributed by atoms with Crippen molar-refractivity contribution in [3.8, 4) is 0 Å². The Morgan fingerprint density at radius 1 is 1.47 bits per heavy atom. The highest BCUT2D eigenvalue weighted by Gasteiger charge is 2.21. The van der Waals surface area contributed by atoms with Gasteiger partial charge in [-0.15, -0.1) is 11.3 Å². The third-order valence-corrected chi connectivity index (χ3v) is 4.06. The Morgan fingerprint density at radius 2 is 2.16 bits per heavy atom. The molecule has 0 saturated carbocycles. The number of carbonyl (C=O) groups excluding carboxylic acids is 1. The van der Waals surface area contributed by atoms with E-state index in [2.05, 4.69) is 36.2 Å². The Morgan fingerprint density at radius 3 is 2.58 bits per heavy atom. The van der Waals surface area contributed by atoms with Gasteiger partial charge in [0.15, 0.2) is 0 Å². The van der Waals surface area contributed by atoms with E-state index in [9.17, 15) is 4.79 Å². The highest BCUT2D eigenvalue weighted by atomic mass is 32.1. The van der Waals surface area contributed by atoms with Crippen molar-refractivity contribution < 1.29 is 4.79 Å². The van der Waals surface area contributed by atoms with Crippen molar-refractivity contribution >= 4 is 17.2 Å². The van der Waals surface area contributed by atoms with Gasteiger partial charge in [-0.25, -0.2) is 0 Å². The fourth-order valence-electron chi connectivity index (χ4n) is 2.07. The normalized spacial score (nSPS) is 13.0. The first-order valence-electron chi connectivity index (χ1n) is 6.77. The van der Waals surface area contributed by atoms with Gasteiger partial charge in [0.25, 0.3) is 0 Å². The van der Waals surface area contributed by atoms with Crippen LogP contribution in [0.4, 0.5) is 0 Å². The molecule has 1 atom stereocenters. The van der Waals surface area contributed by atoms with Crippen LogP contribution in [0.15, 0.2) is 12.1 Å². The van der Waals surface area contributed by atoms with Crippen LogP contribution in [0.1, 0.15) is 36.6 Å². The van der Waals surface area contributed by atoms with E-state index in [-0.39, 0.29) is 18.0 Å². The standard InChI is InChI=1S/C14H25N3OS/c1-5-17(9-14(18)16-10(2)3)12(8-15)13-7-6-11(4)19-13/h6-7,10,12H,5,8-9,15H2,1-4H3,(H,16,18). The number of hydrogen-bond acceptors (Lipinski definition) is 4. The zero-order valence-electron chi connectivity index (χ0n) is 12.3. The quantitative estimate of drug-likeness (QED) is 0.803. The molecule has 1 unspecified atom stereocenters. The van der Waals surface area contributed by atoms with E-state index in [1.54, 1.807) is 11.3 Å². The molecule has 3 N–H and O–H groups in total. The molecule has 1 heterocycles.